The zero-order valence-corrected chi connectivity index (χ0v) is 21.5. The number of aryl methyl sites for hydroxylation is 2. The molecule has 0 amide bonds. The Kier molecular flexibility index (Phi) is 5.08. The van der Waals surface area contributed by atoms with Crippen molar-refractivity contribution in [3.05, 3.63) is 149 Å². The number of fused-ring (bicyclic) bond motifs is 3. The predicted molar refractivity (Wildman–Crippen MR) is 155 cm³/mol. The molecule has 7 rings (SSSR count). The fourth-order valence-electron chi connectivity index (χ4n) is 6.90. The molecule has 37 heavy (non-hydrogen) atoms. The van der Waals surface area contributed by atoms with Crippen LogP contribution in [0.2, 0.25) is 0 Å². The minimum Gasteiger partial charge on any atom is -0.311 e. The standard InChI is InChI=1S/C36H31N/c1-25-15-21-32-33-22-16-26(2)31-14-9-23-36(35(31)33,34(32)24-25)27-17-19-30(20-18-27)37(28-10-5-3-6-11-28)29-12-7-4-8-13-29/h3-8,10-13,15-22,24H,9,14,23H2,1-2H3. The van der Waals surface area contributed by atoms with Gasteiger partial charge in [0.05, 0.1) is 0 Å². The molecule has 0 saturated carbocycles. The largest absolute Gasteiger partial charge is 0.311 e. The summed E-state index contributed by atoms with van der Waals surface area (Å²) in [6, 6.07) is 42.6. The van der Waals surface area contributed by atoms with Crippen molar-refractivity contribution in [3.63, 3.8) is 0 Å². The molecule has 5 aromatic carbocycles. The van der Waals surface area contributed by atoms with Crippen molar-refractivity contribution in [3.8, 4) is 11.1 Å². The number of rotatable bonds is 4. The van der Waals surface area contributed by atoms with E-state index in [4.69, 9.17) is 0 Å². The van der Waals surface area contributed by atoms with Gasteiger partial charge in [-0.15, -0.1) is 0 Å². The van der Waals surface area contributed by atoms with Gasteiger partial charge in [-0.25, -0.2) is 0 Å². The van der Waals surface area contributed by atoms with Crippen molar-refractivity contribution in [2.75, 3.05) is 4.90 Å². The molecule has 2 aliphatic carbocycles. The second kappa shape index (κ2) is 8.49. The average molecular weight is 478 g/mol. The van der Waals surface area contributed by atoms with E-state index >= 15 is 0 Å². The Morgan fingerprint density at radius 3 is 1.92 bits per heavy atom. The maximum atomic E-state index is 2.45. The first-order chi connectivity index (χ1) is 18.2. The molecule has 5 aromatic rings. The highest BCUT2D eigenvalue weighted by Crippen LogP contribution is 2.59. The van der Waals surface area contributed by atoms with Crippen molar-refractivity contribution in [1.29, 1.82) is 0 Å². The SMILES string of the molecule is Cc1ccc2c(c1)C1(c3ccc(N(c4ccccc4)c4ccccc4)cc3)CCCc3c(C)ccc-2c31. The molecule has 0 N–H and O–H groups in total. The van der Waals surface area contributed by atoms with E-state index in [0.29, 0.717) is 0 Å². The molecule has 0 heterocycles. The highest BCUT2D eigenvalue weighted by Gasteiger charge is 2.47. The van der Waals surface area contributed by atoms with E-state index in [-0.39, 0.29) is 5.41 Å². The maximum Gasteiger partial charge on any atom is 0.0466 e. The Hall–Kier alpha value is -4.10. The lowest BCUT2D eigenvalue weighted by atomic mass is 9.64. The highest BCUT2D eigenvalue weighted by molar-refractivity contribution is 5.86. The van der Waals surface area contributed by atoms with Gasteiger partial charge >= 0.3 is 0 Å². The van der Waals surface area contributed by atoms with E-state index in [1.54, 1.807) is 11.1 Å². The van der Waals surface area contributed by atoms with Gasteiger partial charge in [-0.2, -0.15) is 0 Å². The van der Waals surface area contributed by atoms with Crippen LogP contribution in [0.1, 0.15) is 46.2 Å². The average Bonchev–Trinajstić information content (AvgIpc) is 3.23. The molecule has 0 spiro atoms. The van der Waals surface area contributed by atoms with E-state index in [2.05, 4.69) is 134 Å². The first-order valence-electron chi connectivity index (χ1n) is 13.4. The number of para-hydroxylation sites is 2. The number of anilines is 3. The third-order valence-electron chi connectivity index (χ3n) is 8.52. The van der Waals surface area contributed by atoms with Gasteiger partial charge in [0.2, 0.25) is 0 Å². The molecule has 0 aromatic heterocycles. The Labute approximate surface area is 220 Å². The second-order valence-corrected chi connectivity index (χ2v) is 10.6. The summed E-state index contributed by atoms with van der Waals surface area (Å²) in [6.45, 7) is 4.52. The van der Waals surface area contributed by atoms with Crippen LogP contribution in [0.3, 0.4) is 0 Å². The second-order valence-electron chi connectivity index (χ2n) is 10.6. The summed E-state index contributed by atoms with van der Waals surface area (Å²) < 4.78 is 0. The molecule has 1 atom stereocenters. The van der Waals surface area contributed by atoms with Crippen molar-refractivity contribution in [1.82, 2.24) is 0 Å². The Balaban J connectivity index is 1.41. The molecular weight excluding hydrogens is 446 g/mol. The molecule has 0 fully saturated rings. The summed E-state index contributed by atoms with van der Waals surface area (Å²) in [4.78, 5) is 2.35. The lowest BCUT2D eigenvalue weighted by Crippen LogP contribution is -2.31. The van der Waals surface area contributed by atoms with Gasteiger partial charge in [0.1, 0.15) is 0 Å². The zero-order valence-electron chi connectivity index (χ0n) is 21.5. The number of nitrogens with zero attached hydrogens (tertiary/aromatic N) is 1. The summed E-state index contributed by atoms with van der Waals surface area (Å²) in [5.74, 6) is 0. The Morgan fingerprint density at radius 1 is 0.622 bits per heavy atom. The van der Waals surface area contributed by atoms with Gasteiger partial charge in [0, 0.05) is 22.5 Å². The van der Waals surface area contributed by atoms with Gasteiger partial charge in [0.15, 0.2) is 0 Å². The zero-order chi connectivity index (χ0) is 25.0. The third kappa shape index (κ3) is 3.30. The smallest absolute Gasteiger partial charge is 0.0466 e. The summed E-state index contributed by atoms with van der Waals surface area (Å²) in [6.07, 6.45) is 3.55. The van der Waals surface area contributed by atoms with Crippen LogP contribution in [0, 0.1) is 13.8 Å². The molecule has 1 unspecified atom stereocenters. The Bertz CT molecular complexity index is 1560. The number of hydrogen-bond acceptors (Lipinski definition) is 1. The molecule has 1 nitrogen and oxygen atoms in total. The van der Waals surface area contributed by atoms with E-state index in [0.717, 1.165) is 6.42 Å². The highest BCUT2D eigenvalue weighted by atomic mass is 15.1. The monoisotopic (exact) mass is 477 g/mol. The first kappa shape index (κ1) is 22.1. The molecule has 0 radical (unpaired) electrons. The van der Waals surface area contributed by atoms with E-state index in [1.165, 1.54) is 63.3 Å². The molecule has 2 aliphatic rings. The topological polar surface area (TPSA) is 3.24 Å². The summed E-state index contributed by atoms with van der Waals surface area (Å²) in [5, 5.41) is 0. The van der Waals surface area contributed by atoms with Crippen molar-refractivity contribution in [2.45, 2.75) is 38.5 Å². The van der Waals surface area contributed by atoms with Crippen LogP contribution in [0.5, 0.6) is 0 Å². The molecule has 0 saturated heterocycles. The Morgan fingerprint density at radius 2 is 1.24 bits per heavy atom. The van der Waals surface area contributed by atoms with Crippen molar-refractivity contribution in [2.24, 2.45) is 0 Å². The summed E-state index contributed by atoms with van der Waals surface area (Å²) in [7, 11) is 0. The molecule has 0 aliphatic heterocycles. The quantitative estimate of drug-likeness (QED) is 0.249. The number of hydrogen-bond donors (Lipinski definition) is 0. The molecule has 0 bridgehead atoms. The first-order valence-corrected chi connectivity index (χ1v) is 13.4. The van der Waals surface area contributed by atoms with Crippen LogP contribution >= 0.6 is 0 Å². The molecule has 180 valence electrons. The van der Waals surface area contributed by atoms with Gasteiger partial charge in [-0.05, 0) is 108 Å². The van der Waals surface area contributed by atoms with Crippen LogP contribution in [-0.2, 0) is 11.8 Å². The fourth-order valence-corrected chi connectivity index (χ4v) is 6.90. The summed E-state index contributed by atoms with van der Waals surface area (Å²) in [5.41, 5.74) is 15.1. The van der Waals surface area contributed by atoms with Gasteiger partial charge in [-0.3, -0.25) is 0 Å². The van der Waals surface area contributed by atoms with Crippen molar-refractivity contribution >= 4 is 17.1 Å². The van der Waals surface area contributed by atoms with Crippen LogP contribution in [-0.4, -0.2) is 0 Å². The minimum atomic E-state index is -0.0703. The minimum absolute atomic E-state index is 0.0703. The lowest BCUT2D eigenvalue weighted by molar-refractivity contribution is 0.507. The van der Waals surface area contributed by atoms with Gasteiger partial charge < -0.3 is 4.90 Å². The van der Waals surface area contributed by atoms with Crippen LogP contribution in [0.25, 0.3) is 11.1 Å². The van der Waals surface area contributed by atoms with Crippen molar-refractivity contribution < 1.29 is 0 Å². The normalized spacial score (nSPS) is 17.2. The van der Waals surface area contributed by atoms with E-state index in [9.17, 15) is 0 Å². The predicted octanol–water partition coefficient (Wildman–Crippen LogP) is 9.42. The maximum absolute atomic E-state index is 2.45. The van der Waals surface area contributed by atoms with Gasteiger partial charge in [0.25, 0.3) is 0 Å². The molecule has 1 heteroatoms. The fraction of sp³-hybridized carbons (Fsp3) is 0.167. The van der Waals surface area contributed by atoms with E-state index < -0.39 is 0 Å². The van der Waals surface area contributed by atoms with Crippen LogP contribution < -0.4 is 4.90 Å². The summed E-state index contributed by atoms with van der Waals surface area (Å²) >= 11 is 0. The van der Waals surface area contributed by atoms with E-state index in [1.807, 2.05) is 0 Å². The number of benzene rings is 5. The van der Waals surface area contributed by atoms with Crippen LogP contribution in [0.4, 0.5) is 17.1 Å². The van der Waals surface area contributed by atoms with Crippen LogP contribution in [0.15, 0.2) is 115 Å². The molecular formula is C36H31N. The lowest BCUT2D eigenvalue weighted by Gasteiger charge is -2.39. The third-order valence-corrected chi connectivity index (χ3v) is 8.52. The van der Waals surface area contributed by atoms with Gasteiger partial charge in [-0.1, -0.05) is 84.4 Å².